The van der Waals surface area contributed by atoms with Crippen molar-refractivity contribution in [2.75, 3.05) is 26.7 Å². The molecule has 1 aromatic rings. The van der Waals surface area contributed by atoms with Gasteiger partial charge in [0.05, 0.1) is 11.5 Å². The zero-order chi connectivity index (χ0) is 17.3. The van der Waals surface area contributed by atoms with Gasteiger partial charge in [0, 0.05) is 45.5 Å². The minimum Gasteiger partial charge on any atom is -0.481 e. The SMILES string of the molecule is Cc1nccn1CCCN1CCC2(CC1)[C@H](C(=O)O)CC(=O)N2C. The number of hydrogen-bond acceptors (Lipinski definition) is 4. The van der Waals surface area contributed by atoms with Gasteiger partial charge in [-0.05, 0) is 32.7 Å². The first-order valence-corrected chi connectivity index (χ1v) is 8.63. The third-order valence-electron chi connectivity index (χ3n) is 5.89. The molecule has 2 aliphatic rings. The molecule has 2 aliphatic heterocycles. The highest BCUT2D eigenvalue weighted by Gasteiger charge is 2.55. The summed E-state index contributed by atoms with van der Waals surface area (Å²) in [6.45, 7) is 5.64. The highest BCUT2D eigenvalue weighted by atomic mass is 16.4. The molecule has 132 valence electrons. The van der Waals surface area contributed by atoms with Crippen molar-refractivity contribution in [3.63, 3.8) is 0 Å². The van der Waals surface area contributed by atoms with Crippen LogP contribution in [0.1, 0.15) is 31.5 Å². The average molecular weight is 334 g/mol. The largest absolute Gasteiger partial charge is 0.481 e. The molecule has 7 nitrogen and oxygen atoms in total. The quantitative estimate of drug-likeness (QED) is 0.868. The summed E-state index contributed by atoms with van der Waals surface area (Å²) < 4.78 is 2.15. The van der Waals surface area contributed by atoms with Crippen molar-refractivity contribution < 1.29 is 14.7 Å². The second-order valence-corrected chi connectivity index (χ2v) is 7.01. The van der Waals surface area contributed by atoms with Gasteiger partial charge >= 0.3 is 5.97 Å². The predicted octanol–water partition coefficient (Wildman–Crippen LogP) is 0.979. The molecule has 0 bridgehead atoms. The van der Waals surface area contributed by atoms with Gasteiger partial charge in [-0.3, -0.25) is 9.59 Å². The number of aromatic nitrogens is 2. The summed E-state index contributed by atoms with van der Waals surface area (Å²) in [6.07, 6.45) is 6.50. The van der Waals surface area contributed by atoms with E-state index in [-0.39, 0.29) is 12.3 Å². The smallest absolute Gasteiger partial charge is 0.309 e. The molecule has 3 rings (SSSR count). The minimum atomic E-state index is -0.836. The van der Waals surface area contributed by atoms with Crippen LogP contribution in [0.2, 0.25) is 0 Å². The molecular weight excluding hydrogens is 308 g/mol. The van der Waals surface area contributed by atoms with E-state index in [2.05, 4.69) is 14.5 Å². The van der Waals surface area contributed by atoms with E-state index in [9.17, 15) is 14.7 Å². The van der Waals surface area contributed by atoms with Crippen molar-refractivity contribution >= 4 is 11.9 Å². The second kappa shape index (κ2) is 6.55. The first kappa shape index (κ1) is 17.0. The molecule has 7 heteroatoms. The summed E-state index contributed by atoms with van der Waals surface area (Å²) >= 11 is 0. The van der Waals surface area contributed by atoms with E-state index in [1.807, 2.05) is 19.3 Å². The molecule has 0 saturated carbocycles. The Labute approximate surface area is 142 Å². The molecule has 2 fully saturated rings. The average Bonchev–Trinajstić information content (AvgIpc) is 3.07. The van der Waals surface area contributed by atoms with E-state index in [1.165, 1.54) is 0 Å². The number of imidazole rings is 1. The Morgan fingerprint density at radius 1 is 1.38 bits per heavy atom. The molecule has 1 spiro atoms. The normalized spacial score (nSPS) is 24.0. The zero-order valence-corrected chi connectivity index (χ0v) is 14.4. The number of hydrogen-bond donors (Lipinski definition) is 1. The molecular formula is C17H26N4O3. The first-order chi connectivity index (χ1) is 11.4. The van der Waals surface area contributed by atoms with E-state index in [4.69, 9.17) is 0 Å². The lowest BCUT2D eigenvalue weighted by Crippen LogP contribution is -2.56. The maximum atomic E-state index is 12.0. The first-order valence-electron chi connectivity index (χ1n) is 8.63. The number of likely N-dealkylation sites (tertiary alicyclic amines) is 2. The van der Waals surface area contributed by atoms with Gasteiger partial charge in [0.25, 0.3) is 0 Å². The Balaban J connectivity index is 1.54. The number of aliphatic carboxylic acids is 1. The summed E-state index contributed by atoms with van der Waals surface area (Å²) in [7, 11) is 1.77. The van der Waals surface area contributed by atoms with Crippen LogP contribution in [0.25, 0.3) is 0 Å². The fourth-order valence-corrected chi connectivity index (χ4v) is 4.25. The molecule has 0 unspecified atom stereocenters. The van der Waals surface area contributed by atoms with E-state index in [0.29, 0.717) is 0 Å². The van der Waals surface area contributed by atoms with E-state index < -0.39 is 17.4 Å². The molecule has 24 heavy (non-hydrogen) atoms. The Morgan fingerprint density at radius 3 is 2.67 bits per heavy atom. The van der Waals surface area contributed by atoms with E-state index in [0.717, 1.165) is 51.3 Å². The Bertz CT molecular complexity index is 619. The Kier molecular flexibility index (Phi) is 4.62. The summed E-state index contributed by atoms with van der Waals surface area (Å²) in [5.74, 6) is -0.406. The topological polar surface area (TPSA) is 78.7 Å². The number of carbonyl (C=O) groups excluding carboxylic acids is 1. The summed E-state index contributed by atoms with van der Waals surface area (Å²) in [6, 6.07) is 0. The zero-order valence-electron chi connectivity index (χ0n) is 14.4. The van der Waals surface area contributed by atoms with Crippen molar-refractivity contribution in [2.45, 2.75) is 44.7 Å². The van der Waals surface area contributed by atoms with Crippen LogP contribution in [-0.2, 0) is 16.1 Å². The number of carbonyl (C=O) groups is 2. The van der Waals surface area contributed by atoms with Gasteiger partial charge < -0.3 is 19.5 Å². The van der Waals surface area contributed by atoms with E-state index in [1.54, 1.807) is 11.9 Å². The number of nitrogens with zero attached hydrogens (tertiary/aromatic N) is 4. The summed E-state index contributed by atoms with van der Waals surface area (Å²) in [5.41, 5.74) is -0.486. The van der Waals surface area contributed by atoms with Crippen LogP contribution in [0.3, 0.4) is 0 Å². The van der Waals surface area contributed by atoms with Crippen LogP contribution in [0, 0.1) is 12.8 Å². The van der Waals surface area contributed by atoms with Crippen molar-refractivity contribution in [1.82, 2.24) is 19.4 Å². The van der Waals surface area contributed by atoms with Crippen LogP contribution in [0.5, 0.6) is 0 Å². The minimum absolute atomic E-state index is 0.0357. The van der Waals surface area contributed by atoms with Crippen LogP contribution >= 0.6 is 0 Å². The maximum absolute atomic E-state index is 12.0. The van der Waals surface area contributed by atoms with Crippen molar-refractivity contribution in [3.05, 3.63) is 18.2 Å². The lowest BCUT2D eigenvalue weighted by Gasteiger charge is -2.45. The Morgan fingerprint density at radius 2 is 2.08 bits per heavy atom. The Hall–Kier alpha value is -1.89. The van der Waals surface area contributed by atoms with E-state index >= 15 is 0 Å². The fourth-order valence-electron chi connectivity index (χ4n) is 4.25. The molecule has 1 amide bonds. The third kappa shape index (κ3) is 2.92. The van der Waals surface area contributed by atoms with Crippen molar-refractivity contribution in [1.29, 1.82) is 0 Å². The van der Waals surface area contributed by atoms with Crippen molar-refractivity contribution in [3.8, 4) is 0 Å². The summed E-state index contributed by atoms with van der Waals surface area (Å²) in [5, 5.41) is 9.50. The third-order valence-corrected chi connectivity index (χ3v) is 5.89. The van der Waals surface area contributed by atoms with Gasteiger partial charge in [-0.15, -0.1) is 0 Å². The fraction of sp³-hybridized carbons (Fsp3) is 0.706. The number of rotatable bonds is 5. The standard InChI is InChI=1S/C17H26N4O3/c1-13-18-6-11-21(13)8-3-7-20-9-4-17(5-10-20)14(16(23)24)12-15(22)19(17)2/h6,11,14H,3-5,7-10,12H2,1-2H3,(H,23,24)/t14-/m0/s1. The number of piperidine rings is 1. The molecule has 2 saturated heterocycles. The van der Waals surface area contributed by atoms with Gasteiger partial charge in [-0.25, -0.2) is 4.98 Å². The lowest BCUT2D eigenvalue weighted by molar-refractivity contribution is -0.146. The predicted molar refractivity (Wildman–Crippen MR) is 88.5 cm³/mol. The van der Waals surface area contributed by atoms with Crippen LogP contribution < -0.4 is 0 Å². The maximum Gasteiger partial charge on any atom is 0.309 e. The molecule has 0 aliphatic carbocycles. The van der Waals surface area contributed by atoms with Crippen LogP contribution in [-0.4, -0.2) is 68.6 Å². The van der Waals surface area contributed by atoms with Crippen LogP contribution in [0.4, 0.5) is 0 Å². The van der Waals surface area contributed by atoms with Gasteiger partial charge in [-0.1, -0.05) is 0 Å². The van der Waals surface area contributed by atoms with Gasteiger partial charge in [-0.2, -0.15) is 0 Å². The number of carboxylic acids is 1. The molecule has 0 aromatic carbocycles. The molecule has 1 atom stereocenters. The second-order valence-electron chi connectivity index (χ2n) is 7.01. The van der Waals surface area contributed by atoms with Gasteiger partial charge in [0.1, 0.15) is 5.82 Å². The molecule has 1 N–H and O–H groups in total. The molecule has 1 aromatic heterocycles. The molecule has 3 heterocycles. The highest BCUT2D eigenvalue weighted by Crippen LogP contribution is 2.42. The van der Waals surface area contributed by atoms with Crippen LogP contribution in [0.15, 0.2) is 12.4 Å². The number of aryl methyl sites for hydroxylation is 2. The summed E-state index contributed by atoms with van der Waals surface area (Å²) in [4.78, 5) is 31.9. The van der Waals surface area contributed by atoms with Crippen molar-refractivity contribution in [2.24, 2.45) is 5.92 Å². The number of amides is 1. The van der Waals surface area contributed by atoms with Gasteiger partial charge in [0.15, 0.2) is 0 Å². The lowest BCUT2D eigenvalue weighted by atomic mass is 9.77. The number of carboxylic acid groups (broad SMARTS) is 1. The monoisotopic (exact) mass is 334 g/mol. The highest BCUT2D eigenvalue weighted by molar-refractivity contribution is 5.88. The molecule has 0 radical (unpaired) electrons. The van der Waals surface area contributed by atoms with Gasteiger partial charge in [0.2, 0.25) is 5.91 Å².